The molecule has 78 valence electrons. The molecule has 5 nitrogen and oxygen atoms in total. The van der Waals surface area contributed by atoms with Crippen molar-refractivity contribution in [3.05, 3.63) is 12.2 Å². The number of rotatable bonds is 5. The van der Waals surface area contributed by atoms with E-state index in [9.17, 15) is 4.79 Å². The first-order chi connectivity index (χ1) is 6.61. The number of aromatic nitrogens is 3. The Bertz CT molecular complexity index is 307. The zero-order chi connectivity index (χ0) is 10.6. The minimum absolute atomic E-state index is 0.185. The molecule has 1 aromatic rings. The summed E-state index contributed by atoms with van der Waals surface area (Å²) in [5, 5.41) is 16.2. The molecule has 0 saturated heterocycles. The van der Waals surface area contributed by atoms with Gasteiger partial charge in [0, 0.05) is 18.9 Å². The molecule has 0 saturated carbocycles. The van der Waals surface area contributed by atoms with E-state index in [1.54, 1.807) is 6.33 Å². The summed E-state index contributed by atoms with van der Waals surface area (Å²) in [5.74, 6) is 0.0989. The lowest BCUT2D eigenvalue weighted by atomic mass is 10.2. The van der Waals surface area contributed by atoms with E-state index < -0.39 is 5.97 Å². The van der Waals surface area contributed by atoms with Crippen LogP contribution in [0.4, 0.5) is 0 Å². The normalized spacial score (nSPS) is 10.8. The highest BCUT2D eigenvalue weighted by Gasteiger charge is 2.07. The van der Waals surface area contributed by atoms with E-state index in [1.807, 2.05) is 18.4 Å². The Morgan fingerprint density at radius 1 is 1.64 bits per heavy atom. The lowest BCUT2D eigenvalue weighted by Gasteiger charge is -2.08. The summed E-state index contributed by atoms with van der Waals surface area (Å²) in [5.41, 5.74) is 0. The summed E-state index contributed by atoms with van der Waals surface area (Å²) >= 11 is 0. The van der Waals surface area contributed by atoms with Gasteiger partial charge in [0.2, 0.25) is 0 Å². The number of carbonyl (C=O) groups is 1. The van der Waals surface area contributed by atoms with Crippen molar-refractivity contribution < 1.29 is 9.90 Å². The van der Waals surface area contributed by atoms with Crippen molar-refractivity contribution >= 4 is 5.97 Å². The molecule has 1 aromatic heterocycles. The number of aryl methyl sites for hydroxylation is 1. The smallest absolute Gasteiger partial charge is 0.303 e. The van der Waals surface area contributed by atoms with Crippen LogP contribution < -0.4 is 0 Å². The third-order valence-electron chi connectivity index (χ3n) is 1.99. The quantitative estimate of drug-likeness (QED) is 0.771. The Kier molecular flexibility index (Phi) is 3.62. The monoisotopic (exact) mass is 197 g/mol. The van der Waals surface area contributed by atoms with Gasteiger partial charge in [-0.3, -0.25) is 4.79 Å². The number of nitrogens with zero attached hydrogens (tertiary/aromatic N) is 3. The van der Waals surface area contributed by atoms with Gasteiger partial charge in [-0.1, -0.05) is 0 Å². The summed E-state index contributed by atoms with van der Waals surface area (Å²) in [4.78, 5) is 10.3. The van der Waals surface area contributed by atoms with Crippen LogP contribution in [-0.2, 0) is 11.2 Å². The molecule has 14 heavy (non-hydrogen) atoms. The largest absolute Gasteiger partial charge is 0.481 e. The molecule has 0 fully saturated rings. The van der Waals surface area contributed by atoms with Crippen molar-refractivity contribution in [2.75, 3.05) is 0 Å². The summed E-state index contributed by atoms with van der Waals surface area (Å²) in [6.45, 7) is 4.09. The molecular weight excluding hydrogens is 182 g/mol. The molecule has 0 radical (unpaired) electrons. The molecule has 0 aliphatic heterocycles. The molecule has 0 spiro atoms. The summed E-state index contributed by atoms with van der Waals surface area (Å²) in [7, 11) is 0. The molecule has 0 aliphatic carbocycles. The molecule has 0 amide bonds. The molecule has 0 aromatic carbocycles. The first kappa shape index (κ1) is 10.7. The van der Waals surface area contributed by atoms with E-state index in [1.165, 1.54) is 0 Å². The van der Waals surface area contributed by atoms with E-state index >= 15 is 0 Å². The van der Waals surface area contributed by atoms with Crippen molar-refractivity contribution in [2.45, 2.75) is 39.2 Å². The second-order valence-electron chi connectivity index (χ2n) is 3.50. The fourth-order valence-electron chi connectivity index (χ4n) is 1.27. The number of carboxylic acid groups (broad SMARTS) is 1. The molecule has 0 aliphatic rings. The minimum Gasteiger partial charge on any atom is -0.481 e. The summed E-state index contributed by atoms with van der Waals surface area (Å²) in [6.07, 6.45) is 3.15. The van der Waals surface area contributed by atoms with Gasteiger partial charge in [0.15, 0.2) is 0 Å². The van der Waals surface area contributed by atoms with Crippen LogP contribution in [0.25, 0.3) is 0 Å². The average Bonchev–Trinajstić information content (AvgIpc) is 2.51. The van der Waals surface area contributed by atoms with Crippen LogP contribution in [0, 0.1) is 0 Å². The van der Waals surface area contributed by atoms with Crippen molar-refractivity contribution in [3.8, 4) is 0 Å². The van der Waals surface area contributed by atoms with Gasteiger partial charge < -0.3 is 9.67 Å². The Morgan fingerprint density at radius 3 is 2.93 bits per heavy atom. The van der Waals surface area contributed by atoms with Crippen LogP contribution in [0.15, 0.2) is 6.33 Å². The molecule has 0 unspecified atom stereocenters. The van der Waals surface area contributed by atoms with E-state index in [-0.39, 0.29) is 6.42 Å². The lowest BCUT2D eigenvalue weighted by Crippen LogP contribution is -2.06. The maximum atomic E-state index is 10.3. The SMILES string of the molecule is CC(C)n1cnnc1CCCC(=O)O. The van der Waals surface area contributed by atoms with Crippen LogP contribution in [-0.4, -0.2) is 25.8 Å². The molecule has 1 heterocycles. The van der Waals surface area contributed by atoms with Gasteiger partial charge >= 0.3 is 5.97 Å². The van der Waals surface area contributed by atoms with Crippen LogP contribution in [0.2, 0.25) is 0 Å². The molecule has 5 heteroatoms. The first-order valence-electron chi connectivity index (χ1n) is 4.71. The van der Waals surface area contributed by atoms with E-state index in [0.29, 0.717) is 18.9 Å². The van der Waals surface area contributed by atoms with Crippen LogP contribution >= 0.6 is 0 Å². The van der Waals surface area contributed by atoms with Gasteiger partial charge in [0.1, 0.15) is 12.2 Å². The molecule has 1 N–H and O–H groups in total. The van der Waals surface area contributed by atoms with E-state index in [2.05, 4.69) is 10.2 Å². The van der Waals surface area contributed by atoms with E-state index in [4.69, 9.17) is 5.11 Å². The van der Waals surface area contributed by atoms with Crippen LogP contribution in [0.5, 0.6) is 0 Å². The van der Waals surface area contributed by atoms with Crippen LogP contribution in [0.1, 0.15) is 38.6 Å². The maximum absolute atomic E-state index is 10.3. The van der Waals surface area contributed by atoms with Crippen LogP contribution in [0.3, 0.4) is 0 Å². The third-order valence-corrected chi connectivity index (χ3v) is 1.99. The molecule has 1 rings (SSSR count). The highest BCUT2D eigenvalue weighted by atomic mass is 16.4. The highest BCUT2D eigenvalue weighted by molar-refractivity contribution is 5.66. The topological polar surface area (TPSA) is 68.0 Å². The minimum atomic E-state index is -0.763. The molecule has 0 bridgehead atoms. The Labute approximate surface area is 82.8 Å². The zero-order valence-electron chi connectivity index (χ0n) is 8.47. The average molecular weight is 197 g/mol. The lowest BCUT2D eigenvalue weighted by molar-refractivity contribution is -0.137. The number of hydrogen-bond donors (Lipinski definition) is 1. The fraction of sp³-hybridized carbons (Fsp3) is 0.667. The Morgan fingerprint density at radius 2 is 2.36 bits per heavy atom. The predicted molar refractivity (Wildman–Crippen MR) is 51.0 cm³/mol. The number of hydrogen-bond acceptors (Lipinski definition) is 3. The van der Waals surface area contributed by atoms with Crippen molar-refractivity contribution in [3.63, 3.8) is 0 Å². The van der Waals surface area contributed by atoms with Crippen molar-refractivity contribution in [1.82, 2.24) is 14.8 Å². The number of aliphatic carboxylic acids is 1. The molecular formula is C9H15N3O2. The van der Waals surface area contributed by atoms with E-state index in [0.717, 1.165) is 5.82 Å². The number of carboxylic acids is 1. The zero-order valence-corrected chi connectivity index (χ0v) is 8.47. The fourth-order valence-corrected chi connectivity index (χ4v) is 1.27. The van der Waals surface area contributed by atoms with Gasteiger partial charge in [-0.15, -0.1) is 10.2 Å². The maximum Gasteiger partial charge on any atom is 0.303 e. The first-order valence-corrected chi connectivity index (χ1v) is 4.71. The standard InChI is InChI=1S/C9H15N3O2/c1-7(2)12-6-10-11-8(12)4-3-5-9(13)14/h6-7H,3-5H2,1-2H3,(H,13,14). The van der Waals surface area contributed by atoms with Gasteiger partial charge in [-0.25, -0.2) is 0 Å². The van der Waals surface area contributed by atoms with Crippen molar-refractivity contribution in [2.24, 2.45) is 0 Å². The second-order valence-corrected chi connectivity index (χ2v) is 3.50. The second kappa shape index (κ2) is 4.74. The summed E-state index contributed by atoms with van der Waals surface area (Å²) < 4.78 is 1.96. The third kappa shape index (κ3) is 2.83. The van der Waals surface area contributed by atoms with Gasteiger partial charge in [-0.05, 0) is 20.3 Å². The van der Waals surface area contributed by atoms with Gasteiger partial charge in [0.25, 0.3) is 0 Å². The summed E-state index contributed by atoms with van der Waals surface area (Å²) in [6, 6.07) is 0.324. The van der Waals surface area contributed by atoms with Gasteiger partial charge in [0.05, 0.1) is 0 Å². The van der Waals surface area contributed by atoms with Crippen molar-refractivity contribution in [1.29, 1.82) is 0 Å². The van der Waals surface area contributed by atoms with Gasteiger partial charge in [-0.2, -0.15) is 0 Å². The highest BCUT2D eigenvalue weighted by Crippen LogP contribution is 2.08. The Balaban J connectivity index is 2.50. The Hall–Kier alpha value is -1.39. The predicted octanol–water partition coefficient (Wildman–Crippen LogP) is 1.27. The molecule has 0 atom stereocenters.